The summed E-state index contributed by atoms with van der Waals surface area (Å²) in [5.41, 5.74) is 1.57. The fraction of sp³-hybridized carbons (Fsp3) is 0. The number of hydrogen-bond acceptors (Lipinski definition) is 4. The SMILES string of the molecule is N#Cc1ccc(C=C2C(=O)NC(=S)N(c3ccc(Cl)cc3)C2=O)cc1. The normalized spacial score (nSPS) is 15.9. The van der Waals surface area contributed by atoms with E-state index in [9.17, 15) is 9.59 Å². The standard InChI is InChI=1S/C18H10ClN3O2S/c19-13-5-7-14(8-6-13)22-17(24)15(16(23)21-18(22)25)9-11-1-3-12(10-20)4-2-11/h1-9H,(H,21,23,25). The topological polar surface area (TPSA) is 73.2 Å². The number of amides is 2. The van der Waals surface area contributed by atoms with Crippen LogP contribution in [0.1, 0.15) is 11.1 Å². The average Bonchev–Trinajstić information content (AvgIpc) is 2.60. The van der Waals surface area contributed by atoms with Crippen molar-refractivity contribution >= 4 is 52.5 Å². The van der Waals surface area contributed by atoms with Crippen LogP contribution in [0.25, 0.3) is 6.08 Å². The van der Waals surface area contributed by atoms with E-state index in [1.807, 2.05) is 6.07 Å². The molecule has 0 aliphatic carbocycles. The van der Waals surface area contributed by atoms with Gasteiger partial charge in [0.15, 0.2) is 5.11 Å². The molecule has 1 heterocycles. The summed E-state index contributed by atoms with van der Waals surface area (Å²) in [7, 11) is 0. The van der Waals surface area contributed by atoms with E-state index < -0.39 is 11.8 Å². The Labute approximate surface area is 154 Å². The first kappa shape index (κ1) is 16.8. The number of rotatable bonds is 2. The Bertz CT molecular complexity index is 944. The third-order valence-electron chi connectivity index (χ3n) is 3.54. The van der Waals surface area contributed by atoms with Gasteiger partial charge in [-0.05, 0) is 60.3 Å². The molecule has 0 bridgehead atoms. The Hall–Kier alpha value is -3.01. The van der Waals surface area contributed by atoms with Crippen molar-refractivity contribution in [1.82, 2.24) is 5.32 Å². The maximum Gasteiger partial charge on any atom is 0.270 e. The molecular weight excluding hydrogens is 358 g/mol. The number of nitrogens with one attached hydrogen (secondary N) is 1. The number of anilines is 1. The van der Waals surface area contributed by atoms with Crippen molar-refractivity contribution in [2.75, 3.05) is 4.90 Å². The molecule has 3 rings (SSSR count). The smallest absolute Gasteiger partial charge is 0.270 e. The lowest BCUT2D eigenvalue weighted by molar-refractivity contribution is -0.122. The number of carbonyl (C=O) groups excluding carboxylic acids is 2. The lowest BCUT2D eigenvalue weighted by Crippen LogP contribution is -2.54. The van der Waals surface area contributed by atoms with Gasteiger partial charge in [-0.1, -0.05) is 23.7 Å². The van der Waals surface area contributed by atoms with Crippen LogP contribution in [0, 0.1) is 11.3 Å². The van der Waals surface area contributed by atoms with Crippen LogP contribution in [0.15, 0.2) is 54.1 Å². The van der Waals surface area contributed by atoms with Gasteiger partial charge in [0, 0.05) is 5.02 Å². The van der Waals surface area contributed by atoms with Crippen LogP contribution in [-0.2, 0) is 9.59 Å². The van der Waals surface area contributed by atoms with Crippen LogP contribution >= 0.6 is 23.8 Å². The molecule has 5 nitrogen and oxygen atoms in total. The number of nitrogens with zero attached hydrogens (tertiary/aromatic N) is 2. The summed E-state index contributed by atoms with van der Waals surface area (Å²) in [6, 6.07) is 15.1. The van der Waals surface area contributed by atoms with Crippen molar-refractivity contribution in [2.45, 2.75) is 0 Å². The molecule has 1 N–H and O–H groups in total. The van der Waals surface area contributed by atoms with Crippen LogP contribution in [0.3, 0.4) is 0 Å². The lowest BCUT2D eigenvalue weighted by atomic mass is 10.1. The molecule has 1 fully saturated rings. The van der Waals surface area contributed by atoms with Crippen LogP contribution in [-0.4, -0.2) is 16.9 Å². The van der Waals surface area contributed by atoms with Crippen molar-refractivity contribution in [3.63, 3.8) is 0 Å². The Morgan fingerprint density at radius 1 is 1.08 bits per heavy atom. The van der Waals surface area contributed by atoms with Gasteiger partial charge < -0.3 is 0 Å². The molecule has 0 atom stereocenters. The van der Waals surface area contributed by atoms with E-state index in [1.165, 1.54) is 11.0 Å². The summed E-state index contributed by atoms with van der Waals surface area (Å²) in [6.45, 7) is 0. The predicted octanol–water partition coefficient (Wildman–Crippen LogP) is 3.04. The fourth-order valence-electron chi connectivity index (χ4n) is 2.30. The highest BCUT2D eigenvalue weighted by Gasteiger charge is 2.34. The molecular formula is C18H10ClN3O2S. The Balaban J connectivity index is 1.98. The van der Waals surface area contributed by atoms with Gasteiger partial charge in [-0.25, -0.2) is 0 Å². The third kappa shape index (κ3) is 3.43. The van der Waals surface area contributed by atoms with Crippen LogP contribution < -0.4 is 10.2 Å². The zero-order valence-corrected chi connectivity index (χ0v) is 14.3. The van der Waals surface area contributed by atoms with Crippen molar-refractivity contribution in [1.29, 1.82) is 5.26 Å². The number of thiocarbonyl (C=S) groups is 1. The van der Waals surface area contributed by atoms with Crippen LogP contribution in [0.2, 0.25) is 5.02 Å². The molecule has 0 unspecified atom stereocenters. The van der Waals surface area contributed by atoms with Crippen molar-refractivity contribution in [3.05, 3.63) is 70.3 Å². The van der Waals surface area contributed by atoms with E-state index in [1.54, 1.807) is 48.5 Å². The van der Waals surface area contributed by atoms with E-state index in [4.69, 9.17) is 29.1 Å². The second-order valence-corrected chi connectivity index (χ2v) is 5.99. The Morgan fingerprint density at radius 3 is 2.32 bits per heavy atom. The molecule has 0 spiro atoms. The predicted molar refractivity (Wildman–Crippen MR) is 98.8 cm³/mol. The summed E-state index contributed by atoms with van der Waals surface area (Å²) in [5.74, 6) is -1.09. The molecule has 2 amide bonds. The highest BCUT2D eigenvalue weighted by molar-refractivity contribution is 7.80. The second kappa shape index (κ2) is 6.85. The molecule has 2 aromatic rings. The van der Waals surface area contributed by atoms with Gasteiger partial charge in [-0.15, -0.1) is 0 Å². The second-order valence-electron chi connectivity index (χ2n) is 5.17. The van der Waals surface area contributed by atoms with E-state index in [2.05, 4.69) is 5.32 Å². The highest BCUT2D eigenvalue weighted by Crippen LogP contribution is 2.23. The summed E-state index contributed by atoms with van der Waals surface area (Å²) >= 11 is 11.0. The third-order valence-corrected chi connectivity index (χ3v) is 4.07. The summed E-state index contributed by atoms with van der Waals surface area (Å²) in [5, 5.41) is 11.9. The largest absolute Gasteiger partial charge is 0.298 e. The highest BCUT2D eigenvalue weighted by atomic mass is 35.5. The molecule has 1 aliphatic heterocycles. The molecule has 0 radical (unpaired) electrons. The van der Waals surface area contributed by atoms with Crippen molar-refractivity contribution < 1.29 is 9.59 Å². The summed E-state index contributed by atoms with van der Waals surface area (Å²) < 4.78 is 0. The van der Waals surface area contributed by atoms with E-state index in [-0.39, 0.29) is 10.7 Å². The van der Waals surface area contributed by atoms with Crippen molar-refractivity contribution in [2.24, 2.45) is 0 Å². The Morgan fingerprint density at radius 2 is 1.72 bits per heavy atom. The summed E-state index contributed by atoms with van der Waals surface area (Å²) in [6.07, 6.45) is 1.46. The van der Waals surface area contributed by atoms with Gasteiger partial charge in [0.25, 0.3) is 11.8 Å². The molecule has 1 saturated heterocycles. The van der Waals surface area contributed by atoms with Crippen LogP contribution in [0.4, 0.5) is 5.69 Å². The number of carbonyl (C=O) groups is 2. The van der Waals surface area contributed by atoms with E-state index >= 15 is 0 Å². The number of benzene rings is 2. The molecule has 0 saturated carbocycles. The molecule has 7 heteroatoms. The average molecular weight is 368 g/mol. The van der Waals surface area contributed by atoms with Gasteiger partial charge in [0.1, 0.15) is 5.57 Å². The van der Waals surface area contributed by atoms with Crippen molar-refractivity contribution in [3.8, 4) is 6.07 Å². The van der Waals surface area contributed by atoms with E-state index in [0.717, 1.165) is 0 Å². The minimum atomic E-state index is -0.565. The number of hydrogen-bond donors (Lipinski definition) is 1. The molecule has 25 heavy (non-hydrogen) atoms. The maximum absolute atomic E-state index is 12.8. The number of nitriles is 1. The van der Waals surface area contributed by atoms with Gasteiger partial charge in [0.05, 0.1) is 17.3 Å². The van der Waals surface area contributed by atoms with Gasteiger partial charge >= 0.3 is 0 Å². The molecule has 0 aromatic heterocycles. The summed E-state index contributed by atoms with van der Waals surface area (Å²) in [4.78, 5) is 26.2. The van der Waals surface area contributed by atoms with Gasteiger partial charge in [-0.3, -0.25) is 19.8 Å². The van der Waals surface area contributed by atoms with Gasteiger partial charge in [-0.2, -0.15) is 5.26 Å². The first-order valence-electron chi connectivity index (χ1n) is 7.17. The quantitative estimate of drug-likeness (QED) is 0.503. The minimum Gasteiger partial charge on any atom is -0.298 e. The number of halogens is 1. The maximum atomic E-state index is 12.8. The monoisotopic (exact) mass is 367 g/mol. The molecule has 2 aromatic carbocycles. The molecule has 122 valence electrons. The molecule has 1 aliphatic rings. The fourth-order valence-corrected chi connectivity index (χ4v) is 2.71. The first-order valence-corrected chi connectivity index (χ1v) is 7.95. The first-order chi connectivity index (χ1) is 12.0. The zero-order chi connectivity index (χ0) is 18.0. The Kier molecular flexibility index (Phi) is 4.61. The lowest BCUT2D eigenvalue weighted by Gasteiger charge is -2.28. The van der Waals surface area contributed by atoms with E-state index in [0.29, 0.717) is 21.8 Å². The zero-order valence-electron chi connectivity index (χ0n) is 12.7. The van der Waals surface area contributed by atoms with Gasteiger partial charge in [0.2, 0.25) is 0 Å². The minimum absolute atomic E-state index is 0.00861. The van der Waals surface area contributed by atoms with Crippen LogP contribution in [0.5, 0.6) is 0 Å².